The maximum Gasteiger partial charge on any atom is 2.00 e. The predicted molar refractivity (Wildman–Crippen MR) is 24.2 cm³/mol. The first-order valence-electron chi connectivity index (χ1n) is 1.85. The molecule has 0 fully saturated rings. The van der Waals surface area contributed by atoms with Crippen LogP contribution >= 0.6 is 0 Å². The predicted octanol–water partition coefficient (Wildman–Crippen LogP) is -4.91. The van der Waals surface area contributed by atoms with E-state index in [-0.39, 0.29) is 45.9 Å². The van der Waals surface area contributed by atoms with Crippen molar-refractivity contribution in [3.63, 3.8) is 0 Å². The zero-order valence-electron chi connectivity index (χ0n) is 4.41. The minimum Gasteiger partial charge on any atom is -1.00 e. The molecule has 0 radical (unpaired) electrons. The summed E-state index contributed by atoms with van der Waals surface area (Å²) in [6.45, 7) is 0. The number of pyridine rings is 1. The topological polar surface area (TPSA) is 12.9 Å². The molecule has 0 amide bonds. The second-order valence-electron chi connectivity index (χ2n) is 1.02. The van der Waals surface area contributed by atoms with Gasteiger partial charge in [-0.2, -0.15) is 0 Å². The molecule has 0 bridgehead atoms. The van der Waals surface area contributed by atoms with Gasteiger partial charge in [-0.15, -0.1) is 0 Å². The van der Waals surface area contributed by atoms with Crippen LogP contribution in [0.4, 0.5) is 0 Å². The van der Waals surface area contributed by atoms with Gasteiger partial charge in [0.05, 0.1) is 0 Å². The van der Waals surface area contributed by atoms with Crippen molar-refractivity contribution in [3.05, 3.63) is 30.6 Å². The molecule has 4 heteroatoms. The summed E-state index contributed by atoms with van der Waals surface area (Å²) < 4.78 is 0. The van der Waals surface area contributed by atoms with Gasteiger partial charge in [0.1, 0.15) is 0 Å². The standard InChI is InChI=1S/C5H5N.2ClH.Pt/c1-2-4-6-5-3-1;;;/h1-5H;2*1H;/q;;;+2/p-2. The third-order valence-electron chi connectivity index (χ3n) is 0.566. The molecule has 0 aliphatic rings. The SMILES string of the molecule is [Cl-].[Cl-].[Pt+2].c1ccncc1. The van der Waals surface area contributed by atoms with Crippen LogP contribution in [0.1, 0.15) is 0 Å². The van der Waals surface area contributed by atoms with E-state index in [9.17, 15) is 0 Å². The fraction of sp³-hybridized carbons (Fsp3) is 0. The molecule has 1 heterocycles. The van der Waals surface area contributed by atoms with Gasteiger partial charge in [-0.25, -0.2) is 0 Å². The summed E-state index contributed by atoms with van der Waals surface area (Å²) in [5.41, 5.74) is 0. The van der Waals surface area contributed by atoms with E-state index < -0.39 is 0 Å². The molecule has 0 saturated carbocycles. The maximum atomic E-state index is 3.78. The zero-order valence-corrected chi connectivity index (χ0v) is 8.19. The van der Waals surface area contributed by atoms with Crippen molar-refractivity contribution < 1.29 is 45.9 Å². The molecule has 9 heavy (non-hydrogen) atoms. The van der Waals surface area contributed by atoms with Crippen LogP contribution in [0.3, 0.4) is 0 Å². The van der Waals surface area contributed by atoms with E-state index in [0.29, 0.717) is 0 Å². The monoisotopic (exact) mass is 344 g/mol. The number of hydrogen-bond donors (Lipinski definition) is 0. The Balaban J connectivity index is -0.000000120. The molecular formula is C5H5Cl2NPt. The quantitative estimate of drug-likeness (QED) is 0.460. The van der Waals surface area contributed by atoms with Crippen molar-refractivity contribution >= 4 is 0 Å². The molecule has 0 unspecified atom stereocenters. The smallest absolute Gasteiger partial charge is 1.00 e. The molecule has 0 N–H and O–H groups in total. The average Bonchev–Trinajstić information content (AvgIpc) is 1.72. The second kappa shape index (κ2) is 11.2. The molecule has 0 aliphatic carbocycles. The van der Waals surface area contributed by atoms with Crippen LogP contribution in [-0.4, -0.2) is 4.98 Å². The summed E-state index contributed by atoms with van der Waals surface area (Å²) in [4.78, 5) is 3.78. The molecular weight excluding hydrogens is 340 g/mol. The molecule has 1 rings (SSSR count). The van der Waals surface area contributed by atoms with Crippen molar-refractivity contribution in [3.8, 4) is 0 Å². The summed E-state index contributed by atoms with van der Waals surface area (Å²) in [6.07, 6.45) is 3.50. The van der Waals surface area contributed by atoms with Gasteiger partial charge in [-0.3, -0.25) is 4.98 Å². The fourth-order valence-corrected chi connectivity index (χ4v) is 0.313. The van der Waals surface area contributed by atoms with E-state index in [1.807, 2.05) is 18.2 Å². The normalized spacial score (nSPS) is 5.33. The van der Waals surface area contributed by atoms with Gasteiger partial charge in [0.25, 0.3) is 0 Å². The van der Waals surface area contributed by atoms with Crippen molar-refractivity contribution in [2.45, 2.75) is 0 Å². The van der Waals surface area contributed by atoms with Crippen LogP contribution in [0.2, 0.25) is 0 Å². The van der Waals surface area contributed by atoms with Gasteiger partial charge in [-0.1, -0.05) is 6.07 Å². The molecule has 54 valence electrons. The van der Waals surface area contributed by atoms with Crippen molar-refractivity contribution in [1.82, 2.24) is 4.98 Å². The van der Waals surface area contributed by atoms with Gasteiger partial charge in [0.15, 0.2) is 0 Å². The molecule has 1 aromatic heterocycles. The van der Waals surface area contributed by atoms with E-state index in [1.165, 1.54) is 0 Å². The van der Waals surface area contributed by atoms with E-state index in [4.69, 9.17) is 0 Å². The molecule has 0 saturated heterocycles. The molecule has 0 spiro atoms. The Bertz CT molecular complexity index is 86.9. The van der Waals surface area contributed by atoms with Crippen molar-refractivity contribution in [2.75, 3.05) is 0 Å². The number of hydrogen-bond acceptors (Lipinski definition) is 1. The summed E-state index contributed by atoms with van der Waals surface area (Å²) in [7, 11) is 0. The number of nitrogens with zero attached hydrogens (tertiary/aromatic N) is 1. The average molecular weight is 345 g/mol. The molecule has 1 aromatic rings. The largest absolute Gasteiger partial charge is 2.00 e. The first kappa shape index (κ1) is 16.2. The number of halogens is 2. The van der Waals surface area contributed by atoms with E-state index >= 15 is 0 Å². The van der Waals surface area contributed by atoms with Crippen LogP contribution in [0.15, 0.2) is 30.6 Å². The van der Waals surface area contributed by atoms with Crippen LogP contribution < -0.4 is 24.8 Å². The number of rotatable bonds is 0. The Morgan fingerprint density at radius 3 is 1.33 bits per heavy atom. The van der Waals surface area contributed by atoms with E-state index in [2.05, 4.69) is 4.98 Å². The van der Waals surface area contributed by atoms with Crippen LogP contribution in [-0.2, 0) is 21.1 Å². The second-order valence-corrected chi connectivity index (χ2v) is 1.02. The van der Waals surface area contributed by atoms with Crippen LogP contribution in [0.5, 0.6) is 0 Å². The molecule has 0 aliphatic heterocycles. The minimum absolute atomic E-state index is 0. The zero-order chi connectivity index (χ0) is 4.24. The summed E-state index contributed by atoms with van der Waals surface area (Å²) in [5.74, 6) is 0. The van der Waals surface area contributed by atoms with Gasteiger partial charge in [0, 0.05) is 12.4 Å². The van der Waals surface area contributed by atoms with E-state index in [1.54, 1.807) is 12.4 Å². The Labute approximate surface area is 81.3 Å². The molecule has 1 nitrogen and oxygen atoms in total. The van der Waals surface area contributed by atoms with Crippen LogP contribution in [0.25, 0.3) is 0 Å². The van der Waals surface area contributed by atoms with Crippen molar-refractivity contribution in [2.24, 2.45) is 0 Å². The van der Waals surface area contributed by atoms with Crippen molar-refractivity contribution in [1.29, 1.82) is 0 Å². The third kappa shape index (κ3) is 8.42. The Kier molecular flexibility index (Phi) is 20.2. The first-order chi connectivity index (χ1) is 3.00. The number of aromatic nitrogens is 1. The van der Waals surface area contributed by atoms with Gasteiger partial charge < -0.3 is 24.8 Å². The molecule has 0 atom stereocenters. The Morgan fingerprint density at radius 1 is 0.778 bits per heavy atom. The first-order valence-corrected chi connectivity index (χ1v) is 1.85. The minimum atomic E-state index is 0. The maximum absolute atomic E-state index is 3.78. The Hall–Kier alpha value is 0.418. The van der Waals surface area contributed by atoms with Gasteiger partial charge in [0.2, 0.25) is 0 Å². The Morgan fingerprint density at radius 2 is 1.22 bits per heavy atom. The third-order valence-corrected chi connectivity index (χ3v) is 0.566. The summed E-state index contributed by atoms with van der Waals surface area (Å²) >= 11 is 0. The summed E-state index contributed by atoms with van der Waals surface area (Å²) in [5, 5.41) is 0. The van der Waals surface area contributed by atoms with Gasteiger partial charge >= 0.3 is 21.1 Å². The van der Waals surface area contributed by atoms with Gasteiger partial charge in [-0.05, 0) is 12.1 Å². The summed E-state index contributed by atoms with van der Waals surface area (Å²) in [6, 6.07) is 5.72. The van der Waals surface area contributed by atoms with Crippen LogP contribution in [0, 0.1) is 0 Å². The van der Waals surface area contributed by atoms with E-state index in [0.717, 1.165) is 0 Å². The fourth-order valence-electron chi connectivity index (χ4n) is 0.313. The molecule has 0 aromatic carbocycles.